The Morgan fingerprint density at radius 2 is 1.67 bits per heavy atom. The number of ether oxygens (including phenoxy) is 3. The van der Waals surface area contributed by atoms with Crippen LogP contribution in [-0.2, 0) is 9.47 Å². The van der Waals surface area contributed by atoms with E-state index in [1.165, 1.54) is 4.90 Å². The molecule has 0 radical (unpaired) electrons. The standard InChI is InChI=1S/C29H46N2O7Si/c1-18(2)39(19(3)4,20(5)6)38-25-17-23-21(16-24(25)35-7)27(32)30-14-10-8-12-22(30)28(31(23)29(33)34)37-26-13-9-11-15-36-26/h16-20,22,26,28H,8-15H2,1-7H3,(H,33,34)/t22-,26?,28-/m0/s1. The first kappa shape index (κ1) is 29.7. The van der Waals surface area contributed by atoms with Gasteiger partial charge in [-0.3, -0.25) is 4.79 Å². The van der Waals surface area contributed by atoms with Crippen LogP contribution in [0, 0.1) is 0 Å². The molecule has 1 unspecified atom stereocenters. The van der Waals surface area contributed by atoms with E-state index in [1.807, 2.05) is 0 Å². The quantitative estimate of drug-likeness (QED) is 0.356. The molecule has 1 aromatic rings. The summed E-state index contributed by atoms with van der Waals surface area (Å²) in [4.78, 5) is 30.0. The van der Waals surface area contributed by atoms with Crippen LogP contribution in [0.2, 0.25) is 16.6 Å². The lowest BCUT2D eigenvalue weighted by molar-refractivity contribution is -0.198. The summed E-state index contributed by atoms with van der Waals surface area (Å²) in [5.74, 6) is 0.710. The summed E-state index contributed by atoms with van der Waals surface area (Å²) in [7, 11) is -0.856. The number of nitrogens with zero attached hydrogens (tertiary/aromatic N) is 2. The molecule has 218 valence electrons. The Hall–Kier alpha value is -2.30. The van der Waals surface area contributed by atoms with Crippen LogP contribution in [0.1, 0.15) is 90.4 Å². The third kappa shape index (κ3) is 5.52. The van der Waals surface area contributed by atoms with Gasteiger partial charge in [-0.15, -0.1) is 0 Å². The second-order valence-electron chi connectivity index (χ2n) is 12.0. The number of methoxy groups -OCH3 is 1. The highest BCUT2D eigenvalue weighted by Crippen LogP contribution is 2.47. The van der Waals surface area contributed by atoms with Gasteiger partial charge in [-0.2, -0.15) is 0 Å². The molecule has 2 saturated heterocycles. The largest absolute Gasteiger partial charge is 0.540 e. The zero-order chi connectivity index (χ0) is 28.5. The normalized spacial score (nSPS) is 24.1. The SMILES string of the molecule is COc1cc2c(cc1O[Si](C(C)C)(C(C)C)C(C)C)N(C(=O)O)[C@@H](OC1CCCCO1)[C@@H]1CCCCN1C2=O. The monoisotopic (exact) mass is 562 g/mol. The van der Waals surface area contributed by atoms with Crippen LogP contribution >= 0.6 is 0 Å². The maximum absolute atomic E-state index is 14.0. The number of hydrogen-bond acceptors (Lipinski definition) is 6. The van der Waals surface area contributed by atoms with Crippen molar-refractivity contribution in [3.05, 3.63) is 17.7 Å². The van der Waals surface area contributed by atoms with E-state index < -0.39 is 33.0 Å². The zero-order valence-electron chi connectivity index (χ0n) is 24.6. The first-order valence-corrected chi connectivity index (χ1v) is 16.7. The number of benzene rings is 1. The molecule has 2 fully saturated rings. The van der Waals surface area contributed by atoms with E-state index >= 15 is 0 Å². The molecule has 0 bridgehead atoms. The van der Waals surface area contributed by atoms with Crippen LogP contribution in [-0.4, -0.2) is 69.1 Å². The molecule has 1 aromatic carbocycles. The van der Waals surface area contributed by atoms with Crippen molar-refractivity contribution in [2.75, 3.05) is 25.2 Å². The van der Waals surface area contributed by atoms with Gasteiger partial charge in [0.05, 0.1) is 24.4 Å². The van der Waals surface area contributed by atoms with Crippen LogP contribution < -0.4 is 14.1 Å². The molecular formula is C29H46N2O7Si. The lowest BCUT2D eigenvalue weighted by Gasteiger charge is -2.43. The number of hydrogen-bond donors (Lipinski definition) is 1. The zero-order valence-corrected chi connectivity index (χ0v) is 25.6. The van der Waals surface area contributed by atoms with E-state index in [0.29, 0.717) is 54.1 Å². The summed E-state index contributed by atoms with van der Waals surface area (Å²) in [6.07, 6.45) is 2.45. The molecule has 3 atom stereocenters. The van der Waals surface area contributed by atoms with Crippen molar-refractivity contribution >= 4 is 26.0 Å². The average Bonchev–Trinajstić information content (AvgIpc) is 2.99. The van der Waals surface area contributed by atoms with Gasteiger partial charge in [0.25, 0.3) is 14.2 Å². The minimum Gasteiger partial charge on any atom is -0.540 e. The number of carboxylic acid groups (broad SMARTS) is 1. The van der Waals surface area contributed by atoms with Gasteiger partial charge in [0, 0.05) is 19.2 Å². The second-order valence-corrected chi connectivity index (χ2v) is 17.4. The first-order chi connectivity index (χ1) is 18.5. The van der Waals surface area contributed by atoms with Crippen molar-refractivity contribution in [3.8, 4) is 11.5 Å². The average molecular weight is 563 g/mol. The lowest BCUT2D eigenvalue weighted by atomic mass is 10.00. The lowest BCUT2D eigenvalue weighted by Crippen LogP contribution is -2.57. The highest BCUT2D eigenvalue weighted by atomic mass is 28.4. The molecular weight excluding hydrogens is 516 g/mol. The van der Waals surface area contributed by atoms with Gasteiger partial charge >= 0.3 is 6.09 Å². The van der Waals surface area contributed by atoms with Crippen molar-refractivity contribution in [1.82, 2.24) is 4.90 Å². The van der Waals surface area contributed by atoms with E-state index in [-0.39, 0.29) is 17.2 Å². The van der Waals surface area contributed by atoms with Crippen LogP contribution in [0.15, 0.2) is 12.1 Å². The third-order valence-corrected chi connectivity index (χ3v) is 14.8. The van der Waals surface area contributed by atoms with Gasteiger partial charge in [-0.1, -0.05) is 41.5 Å². The Bertz CT molecular complexity index is 1020. The Kier molecular flexibility index (Phi) is 9.18. The van der Waals surface area contributed by atoms with E-state index in [9.17, 15) is 14.7 Å². The van der Waals surface area contributed by atoms with Crippen molar-refractivity contribution in [2.24, 2.45) is 0 Å². The first-order valence-electron chi connectivity index (χ1n) is 14.5. The van der Waals surface area contributed by atoms with Gasteiger partial charge in [0.15, 0.2) is 18.3 Å². The smallest absolute Gasteiger partial charge is 0.414 e. The number of piperidine rings is 1. The number of anilines is 1. The molecule has 0 aromatic heterocycles. The topological polar surface area (TPSA) is 97.8 Å². The Balaban J connectivity index is 1.88. The van der Waals surface area contributed by atoms with Crippen LogP contribution in [0.3, 0.4) is 0 Å². The van der Waals surface area contributed by atoms with Gasteiger partial charge in [-0.05, 0) is 61.2 Å². The van der Waals surface area contributed by atoms with Gasteiger partial charge in [0.2, 0.25) is 0 Å². The summed E-state index contributed by atoms with van der Waals surface area (Å²) >= 11 is 0. The minimum atomic E-state index is -2.42. The summed E-state index contributed by atoms with van der Waals surface area (Å²) in [6, 6.07) is 2.95. The molecule has 3 aliphatic rings. The molecule has 4 rings (SSSR count). The van der Waals surface area contributed by atoms with Crippen LogP contribution in [0.5, 0.6) is 11.5 Å². The predicted molar refractivity (Wildman–Crippen MR) is 152 cm³/mol. The fourth-order valence-corrected chi connectivity index (χ4v) is 12.3. The highest BCUT2D eigenvalue weighted by Gasteiger charge is 2.49. The molecule has 0 spiro atoms. The number of rotatable bonds is 8. The van der Waals surface area contributed by atoms with Crippen LogP contribution in [0.4, 0.5) is 10.5 Å². The molecule has 0 aliphatic carbocycles. The number of carbonyl (C=O) groups is 2. The van der Waals surface area contributed by atoms with E-state index in [1.54, 1.807) is 24.1 Å². The third-order valence-electron chi connectivity index (χ3n) is 8.79. The Morgan fingerprint density at radius 1 is 1.00 bits per heavy atom. The van der Waals surface area contributed by atoms with Gasteiger partial charge in [0.1, 0.15) is 5.75 Å². The van der Waals surface area contributed by atoms with Crippen molar-refractivity contribution in [2.45, 2.75) is 115 Å². The van der Waals surface area contributed by atoms with E-state index in [2.05, 4.69) is 41.5 Å². The summed E-state index contributed by atoms with van der Waals surface area (Å²) < 4.78 is 25.1. The molecule has 9 nitrogen and oxygen atoms in total. The summed E-state index contributed by atoms with van der Waals surface area (Å²) in [5.41, 5.74) is 1.46. The van der Waals surface area contributed by atoms with Crippen molar-refractivity contribution < 1.29 is 33.3 Å². The molecule has 1 N–H and O–H groups in total. The number of fused-ring (bicyclic) bond motifs is 2. The molecule has 3 aliphatic heterocycles. The van der Waals surface area contributed by atoms with Gasteiger partial charge < -0.3 is 28.6 Å². The maximum atomic E-state index is 14.0. The summed E-state index contributed by atoms with van der Waals surface area (Å²) in [5, 5.41) is 10.6. The molecule has 2 amide bonds. The van der Waals surface area contributed by atoms with Gasteiger partial charge in [-0.25, -0.2) is 9.69 Å². The second kappa shape index (κ2) is 12.1. The van der Waals surface area contributed by atoms with Crippen LogP contribution in [0.25, 0.3) is 0 Å². The molecule has 10 heteroatoms. The minimum absolute atomic E-state index is 0.207. The number of carbonyl (C=O) groups excluding carboxylic acids is 1. The molecule has 3 heterocycles. The molecule has 0 saturated carbocycles. The fraction of sp³-hybridized carbons (Fsp3) is 0.724. The fourth-order valence-electron chi connectivity index (χ4n) is 7.01. The Labute approximate surface area is 233 Å². The number of amides is 2. The summed E-state index contributed by atoms with van der Waals surface area (Å²) in [6.45, 7) is 14.3. The van der Waals surface area contributed by atoms with Crippen molar-refractivity contribution in [3.63, 3.8) is 0 Å². The van der Waals surface area contributed by atoms with E-state index in [4.69, 9.17) is 18.6 Å². The Morgan fingerprint density at radius 3 is 2.23 bits per heavy atom. The maximum Gasteiger partial charge on any atom is 0.414 e. The predicted octanol–water partition coefficient (Wildman–Crippen LogP) is 6.61. The molecule has 39 heavy (non-hydrogen) atoms. The highest BCUT2D eigenvalue weighted by molar-refractivity contribution is 6.78. The van der Waals surface area contributed by atoms with E-state index in [0.717, 1.165) is 25.7 Å². The van der Waals surface area contributed by atoms with Crippen molar-refractivity contribution in [1.29, 1.82) is 0 Å².